The topological polar surface area (TPSA) is 80.8 Å². The second-order valence-corrected chi connectivity index (χ2v) is 9.92. The number of carbonyl (C=O) groups is 4. The molecule has 3 aromatic carbocycles. The fourth-order valence-corrected chi connectivity index (χ4v) is 5.99. The van der Waals surface area contributed by atoms with Crippen molar-refractivity contribution < 1.29 is 23.9 Å². The Kier molecular flexibility index (Phi) is 4.96. The van der Waals surface area contributed by atoms with E-state index in [0.717, 1.165) is 4.90 Å². The average molecular weight is 527 g/mol. The Balaban J connectivity index is 1.55. The number of halogens is 3. The number of nitrogens with zero attached hydrogens (tertiary/aromatic N) is 1. The van der Waals surface area contributed by atoms with E-state index in [1.165, 1.54) is 30.3 Å². The van der Waals surface area contributed by atoms with Crippen LogP contribution >= 0.6 is 34.8 Å². The molecule has 3 aromatic rings. The molecule has 0 bridgehead atoms. The number of amides is 2. The number of imide groups is 1. The highest BCUT2D eigenvalue weighted by atomic mass is 35.5. The van der Waals surface area contributed by atoms with Crippen LogP contribution in [0.1, 0.15) is 32.4 Å². The number of anilines is 1. The van der Waals surface area contributed by atoms with Crippen molar-refractivity contribution >= 4 is 63.9 Å². The van der Waals surface area contributed by atoms with Gasteiger partial charge in [-0.3, -0.25) is 19.2 Å². The van der Waals surface area contributed by atoms with Crippen LogP contribution in [0.25, 0.3) is 0 Å². The lowest BCUT2D eigenvalue weighted by Gasteiger charge is -2.27. The largest absolute Gasteiger partial charge is 0.349 e. The Bertz CT molecular complexity index is 1430. The highest BCUT2D eigenvalue weighted by molar-refractivity contribution is 6.40. The van der Waals surface area contributed by atoms with E-state index < -0.39 is 46.9 Å². The third-order valence-corrected chi connectivity index (χ3v) is 7.66. The first-order valence-electron chi connectivity index (χ1n) is 10.7. The second-order valence-electron chi connectivity index (χ2n) is 8.64. The van der Waals surface area contributed by atoms with Crippen LogP contribution in [-0.4, -0.2) is 29.0 Å². The van der Waals surface area contributed by atoms with E-state index in [0.29, 0.717) is 15.6 Å². The predicted molar refractivity (Wildman–Crippen MR) is 129 cm³/mol. The Morgan fingerprint density at radius 2 is 1.34 bits per heavy atom. The Morgan fingerprint density at radius 3 is 1.94 bits per heavy atom. The third kappa shape index (κ3) is 2.94. The van der Waals surface area contributed by atoms with Gasteiger partial charge in [0, 0.05) is 21.2 Å². The summed E-state index contributed by atoms with van der Waals surface area (Å²) in [5.41, 5.74) is -1.18. The number of benzene rings is 3. The molecule has 0 aromatic heterocycles. The van der Waals surface area contributed by atoms with Crippen molar-refractivity contribution in [3.8, 4) is 0 Å². The van der Waals surface area contributed by atoms with Gasteiger partial charge in [0.15, 0.2) is 0 Å². The summed E-state index contributed by atoms with van der Waals surface area (Å²) in [5.74, 6) is -5.09. The number of carbonyl (C=O) groups excluding carboxylic acids is 4. The molecule has 3 atom stereocenters. The number of hydrogen-bond acceptors (Lipinski definition) is 5. The molecule has 174 valence electrons. The number of ether oxygens (including phenoxy) is 1. The zero-order valence-electron chi connectivity index (χ0n) is 17.7. The zero-order chi connectivity index (χ0) is 24.6. The van der Waals surface area contributed by atoms with Crippen molar-refractivity contribution in [1.82, 2.24) is 0 Å². The van der Waals surface area contributed by atoms with Gasteiger partial charge in [-0.15, -0.1) is 0 Å². The predicted octanol–water partition coefficient (Wildman–Crippen LogP) is 5.34. The SMILES string of the molecule is O=C1[C@@H]2[C@@H](c3ccc(Cl)cc3)OC3(C(=O)c4ccccc4C3=O)[C@@H]2C(=O)N1c1ccc(Cl)cc1Cl. The van der Waals surface area contributed by atoms with E-state index in [2.05, 4.69) is 0 Å². The summed E-state index contributed by atoms with van der Waals surface area (Å²) in [5, 5.41) is 0.875. The minimum absolute atomic E-state index is 0.0875. The third-order valence-electron chi connectivity index (χ3n) is 6.87. The van der Waals surface area contributed by atoms with Crippen LogP contribution in [0.15, 0.2) is 66.7 Å². The number of hydrogen-bond donors (Lipinski definition) is 0. The molecular weight excluding hydrogens is 513 g/mol. The minimum atomic E-state index is -2.15. The molecule has 2 saturated heterocycles. The zero-order valence-corrected chi connectivity index (χ0v) is 20.0. The highest BCUT2D eigenvalue weighted by Gasteiger charge is 2.74. The molecule has 0 radical (unpaired) electrons. The maximum Gasteiger partial charge on any atom is 0.241 e. The molecular formula is C26H14Cl3NO5. The van der Waals surface area contributed by atoms with Gasteiger partial charge in [-0.25, -0.2) is 4.90 Å². The Morgan fingerprint density at radius 1 is 0.743 bits per heavy atom. The van der Waals surface area contributed by atoms with Gasteiger partial charge < -0.3 is 4.74 Å². The van der Waals surface area contributed by atoms with Crippen molar-refractivity contribution in [1.29, 1.82) is 0 Å². The molecule has 0 saturated carbocycles. The van der Waals surface area contributed by atoms with Gasteiger partial charge in [0.2, 0.25) is 29.0 Å². The summed E-state index contributed by atoms with van der Waals surface area (Å²) in [7, 11) is 0. The summed E-state index contributed by atoms with van der Waals surface area (Å²) >= 11 is 18.4. The molecule has 35 heavy (non-hydrogen) atoms. The van der Waals surface area contributed by atoms with E-state index in [4.69, 9.17) is 39.5 Å². The maximum absolute atomic E-state index is 13.9. The summed E-state index contributed by atoms with van der Waals surface area (Å²) in [6.45, 7) is 0. The van der Waals surface area contributed by atoms with Crippen molar-refractivity contribution in [3.05, 3.63) is 98.5 Å². The van der Waals surface area contributed by atoms with E-state index in [1.807, 2.05) is 0 Å². The summed E-state index contributed by atoms with van der Waals surface area (Å²) in [6, 6.07) is 17.2. The summed E-state index contributed by atoms with van der Waals surface area (Å²) in [4.78, 5) is 56.0. The minimum Gasteiger partial charge on any atom is -0.349 e. The van der Waals surface area contributed by atoms with E-state index in [-0.39, 0.29) is 21.8 Å². The van der Waals surface area contributed by atoms with Crippen LogP contribution in [0.2, 0.25) is 15.1 Å². The van der Waals surface area contributed by atoms with Gasteiger partial charge in [0.25, 0.3) is 0 Å². The molecule has 0 unspecified atom stereocenters. The first-order chi connectivity index (χ1) is 16.8. The van der Waals surface area contributed by atoms with Gasteiger partial charge in [-0.1, -0.05) is 71.2 Å². The molecule has 2 aliphatic heterocycles. The molecule has 3 aliphatic rings. The van der Waals surface area contributed by atoms with E-state index >= 15 is 0 Å². The van der Waals surface area contributed by atoms with Crippen LogP contribution in [0.4, 0.5) is 5.69 Å². The summed E-state index contributed by atoms with van der Waals surface area (Å²) < 4.78 is 6.22. The van der Waals surface area contributed by atoms with Crippen molar-refractivity contribution in [2.75, 3.05) is 4.90 Å². The lowest BCUT2D eigenvalue weighted by atomic mass is 9.77. The molecule has 2 amide bonds. The van der Waals surface area contributed by atoms with Crippen LogP contribution in [0, 0.1) is 11.8 Å². The average Bonchev–Trinajstić information content (AvgIpc) is 3.40. The second kappa shape index (κ2) is 7.73. The molecule has 9 heteroatoms. The first kappa shape index (κ1) is 22.4. The lowest BCUT2D eigenvalue weighted by molar-refractivity contribution is -0.127. The standard InChI is InChI=1S/C26H14Cl3NO5/c27-13-7-5-12(6-8-13)21-19-20(25(34)30(24(19)33)18-10-9-14(28)11-17(18)29)26(35-21)22(31)15-3-1-2-4-16(15)23(26)32/h1-11,19-21H/t19-,20-,21+/m0/s1. The molecule has 1 spiro atoms. The van der Waals surface area contributed by atoms with Crippen molar-refractivity contribution in [2.24, 2.45) is 11.8 Å². The lowest BCUT2D eigenvalue weighted by Crippen LogP contribution is -2.51. The van der Waals surface area contributed by atoms with Gasteiger partial charge in [-0.05, 0) is 35.9 Å². The molecule has 2 heterocycles. The maximum atomic E-state index is 13.9. The molecule has 1 aliphatic carbocycles. The smallest absolute Gasteiger partial charge is 0.241 e. The fraction of sp³-hybridized carbons (Fsp3) is 0.154. The van der Waals surface area contributed by atoms with Crippen LogP contribution in [0.3, 0.4) is 0 Å². The highest BCUT2D eigenvalue weighted by Crippen LogP contribution is 2.58. The van der Waals surface area contributed by atoms with Crippen LogP contribution < -0.4 is 4.90 Å². The van der Waals surface area contributed by atoms with Gasteiger partial charge >= 0.3 is 0 Å². The Hall–Kier alpha value is -3.03. The number of ketones is 2. The molecule has 0 N–H and O–H groups in total. The van der Waals surface area contributed by atoms with Crippen molar-refractivity contribution in [3.63, 3.8) is 0 Å². The number of fused-ring (bicyclic) bond motifs is 3. The van der Waals surface area contributed by atoms with Gasteiger partial charge in [-0.2, -0.15) is 0 Å². The summed E-state index contributed by atoms with van der Waals surface area (Å²) in [6.07, 6.45) is -1.04. The Labute approximate surface area is 214 Å². The van der Waals surface area contributed by atoms with Crippen molar-refractivity contribution in [2.45, 2.75) is 11.7 Å². The van der Waals surface area contributed by atoms with E-state index in [1.54, 1.807) is 36.4 Å². The number of Topliss-reactive ketones (excluding diaryl/α,β-unsaturated/α-hetero) is 2. The normalized spacial score (nSPS) is 24.4. The molecule has 6 rings (SSSR count). The van der Waals surface area contributed by atoms with Gasteiger partial charge in [0.1, 0.15) is 0 Å². The quantitative estimate of drug-likeness (QED) is 0.333. The number of rotatable bonds is 2. The first-order valence-corrected chi connectivity index (χ1v) is 11.8. The molecule has 6 nitrogen and oxygen atoms in total. The monoisotopic (exact) mass is 525 g/mol. The van der Waals surface area contributed by atoms with Crippen LogP contribution in [-0.2, 0) is 14.3 Å². The van der Waals surface area contributed by atoms with Crippen LogP contribution in [0.5, 0.6) is 0 Å². The van der Waals surface area contributed by atoms with Gasteiger partial charge in [0.05, 0.1) is 28.6 Å². The fourth-order valence-electron chi connectivity index (χ4n) is 5.37. The molecule has 2 fully saturated rings. The van der Waals surface area contributed by atoms with E-state index in [9.17, 15) is 19.2 Å².